The Hall–Kier alpha value is -0.580. The van der Waals surface area contributed by atoms with E-state index in [-0.39, 0.29) is 0 Å². The van der Waals surface area contributed by atoms with Gasteiger partial charge in [0.05, 0.1) is 12.7 Å². The molecular weight excluding hydrogens is 351 g/mol. The van der Waals surface area contributed by atoms with Gasteiger partial charge in [-0.05, 0) is 83.7 Å². The first-order chi connectivity index (χ1) is 9.20. The summed E-state index contributed by atoms with van der Waals surface area (Å²) in [6.45, 7) is 0. The molecule has 0 heterocycles. The number of Topliss-reactive ketones (excluding diaryl/α,β-unsaturated/α-hetero) is 1. The Morgan fingerprint density at radius 2 is 1.95 bits per heavy atom. The minimum atomic E-state index is 0.304. The Morgan fingerprint density at radius 1 is 1.26 bits per heavy atom. The van der Waals surface area contributed by atoms with Crippen molar-refractivity contribution in [2.24, 2.45) is 29.6 Å². The van der Waals surface area contributed by atoms with E-state index in [9.17, 15) is 4.79 Å². The quantitative estimate of drug-likeness (QED) is 0.600. The smallest absolute Gasteiger partial charge is 0.170 e. The van der Waals surface area contributed by atoms with Crippen LogP contribution in [0.15, 0.2) is 18.2 Å². The minimum absolute atomic E-state index is 0.304. The van der Waals surface area contributed by atoms with Gasteiger partial charge in [-0.3, -0.25) is 4.79 Å². The standard InChI is InChI=1S/C16H17IO2/c1-19-12-5-4-10(17)7-11(12)16(18)15-13-8-2-3-9(6-8)14(13)15/h4-5,7-9,13-15H,2-3,6H2,1H3. The number of ketones is 1. The van der Waals surface area contributed by atoms with Crippen LogP contribution < -0.4 is 4.74 Å². The van der Waals surface area contributed by atoms with Crippen LogP contribution >= 0.6 is 22.6 Å². The van der Waals surface area contributed by atoms with Gasteiger partial charge in [0.2, 0.25) is 0 Å². The zero-order valence-corrected chi connectivity index (χ0v) is 13.1. The molecule has 3 heteroatoms. The van der Waals surface area contributed by atoms with Gasteiger partial charge >= 0.3 is 0 Å². The van der Waals surface area contributed by atoms with Gasteiger partial charge in [-0.25, -0.2) is 0 Å². The predicted molar refractivity (Wildman–Crippen MR) is 81.3 cm³/mol. The molecule has 100 valence electrons. The number of ether oxygens (including phenoxy) is 1. The highest BCUT2D eigenvalue weighted by atomic mass is 127. The maximum atomic E-state index is 12.8. The Bertz CT molecular complexity index is 538. The van der Waals surface area contributed by atoms with E-state index in [2.05, 4.69) is 22.6 Å². The summed E-state index contributed by atoms with van der Waals surface area (Å²) >= 11 is 2.26. The Morgan fingerprint density at radius 3 is 2.58 bits per heavy atom. The fourth-order valence-corrected chi connectivity index (χ4v) is 5.22. The lowest BCUT2D eigenvalue weighted by Gasteiger charge is -2.11. The van der Waals surface area contributed by atoms with Crippen molar-refractivity contribution in [3.05, 3.63) is 27.3 Å². The van der Waals surface area contributed by atoms with E-state index >= 15 is 0 Å². The van der Waals surface area contributed by atoms with Crippen molar-refractivity contribution in [3.63, 3.8) is 0 Å². The second-order valence-corrected chi connectivity index (χ2v) is 7.47. The zero-order chi connectivity index (χ0) is 13.1. The highest BCUT2D eigenvalue weighted by Crippen LogP contribution is 2.70. The van der Waals surface area contributed by atoms with Crippen LogP contribution in [0.1, 0.15) is 29.6 Å². The summed E-state index contributed by atoms with van der Waals surface area (Å²) in [6, 6.07) is 5.90. The molecule has 0 radical (unpaired) electrons. The van der Waals surface area contributed by atoms with Crippen LogP contribution in [-0.4, -0.2) is 12.9 Å². The summed E-state index contributed by atoms with van der Waals surface area (Å²) in [5.74, 6) is 4.47. The van der Waals surface area contributed by atoms with Gasteiger partial charge in [0.25, 0.3) is 0 Å². The van der Waals surface area contributed by atoms with Crippen LogP contribution in [0, 0.1) is 33.2 Å². The van der Waals surface area contributed by atoms with Crippen molar-refractivity contribution in [2.75, 3.05) is 7.11 Å². The van der Waals surface area contributed by atoms with Crippen molar-refractivity contribution >= 4 is 28.4 Å². The van der Waals surface area contributed by atoms with Gasteiger partial charge in [-0.15, -0.1) is 0 Å². The van der Waals surface area contributed by atoms with Crippen LogP contribution in [0.25, 0.3) is 0 Å². The van der Waals surface area contributed by atoms with Crippen molar-refractivity contribution in [1.29, 1.82) is 0 Å². The van der Waals surface area contributed by atoms with Gasteiger partial charge in [0.1, 0.15) is 5.75 Å². The summed E-state index contributed by atoms with van der Waals surface area (Å²) in [5.41, 5.74) is 0.799. The molecule has 19 heavy (non-hydrogen) atoms. The number of hydrogen-bond acceptors (Lipinski definition) is 2. The molecule has 1 aromatic rings. The lowest BCUT2D eigenvalue weighted by atomic mass is 9.96. The highest BCUT2D eigenvalue weighted by Gasteiger charge is 2.67. The average molecular weight is 368 g/mol. The fourth-order valence-electron chi connectivity index (χ4n) is 4.73. The van der Waals surface area contributed by atoms with E-state index < -0.39 is 0 Å². The molecule has 3 saturated carbocycles. The van der Waals surface area contributed by atoms with Gasteiger partial charge in [0.15, 0.2) is 5.78 Å². The number of carbonyl (C=O) groups excluding carboxylic acids is 1. The summed E-state index contributed by atoms with van der Waals surface area (Å²) in [5, 5.41) is 0. The van der Waals surface area contributed by atoms with E-state index in [4.69, 9.17) is 4.74 Å². The van der Waals surface area contributed by atoms with Crippen molar-refractivity contribution in [3.8, 4) is 5.75 Å². The number of carbonyl (C=O) groups is 1. The number of halogens is 1. The molecule has 4 atom stereocenters. The molecule has 4 rings (SSSR count). The van der Waals surface area contributed by atoms with Crippen molar-refractivity contribution < 1.29 is 9.53 Å². The molecule has 0 N–H and O–H groups in total. The number of methoxy groups -OCH3 is 1. The summed E-state index contributed by atoms with van der Waals surface area (Å²) in [4.78, 5) is 12.8. The molecule has 0 aliphatic heterocycles. The number of fused-ring (bicyclic) bond motifs is 5. The molecule has 3 aliphatic rings. The van der Waals surface area contributed by atoms with Crippen molar-refractivity contribution in [1.82, 2.24) is 0 Å². The van der Waals surface area contributed by atoms with Crippen molar-refractivity contribution in [2.45, 2.75) is 19.3 Å². The molecule has 1 aromatic carbocycles. The first kappa shape index (κ1) is 12.2. The first-order valence-corrected chi connectivity index (χ1v) is 8.16. The SMILES string of the molecule is COc1ccc(I)cc1C(=O)C1C2C3CCC(C3)C12. The van der Waals surface area contributed by atoms with Crippen LogP contribution in [0.2, 0.25) is 0 Å². The molecule has 2 bridgehead atoms. The Labute approximate surface area is 127 Å². The largest absolute Gasteiger partial charge is 0.496 e. The molecule has 2 nitrogen and oxygen atoms in total. The third-order valence-corrected chi connectivity index (χ3v) is 6.14. The molecular formula is C16H17IO2. The van der Waals surface area contributed by atoms with Crippen LogP contribution in [-0.2, 0) is 0 Å². The molecule has 0 aromatic heterocycles. The van der Waals surface area contributed by atoms with E-state index in [1.54, 1.807) is 7.11 Å². The average Bonchev–Trinajstić information content (AvgIpc) is 2.85. The van der Waals surface area contributed by atoms with Crippen LogP contribution in [0.5, 0.6) is 5.75 Å². The van der Waals surface area contributed by atoms with Gasteiger partial charge < -0.3 is 4.74 Å². The molecule has 0 saturated heterocycles. The lowest BCUT2D eigenvalue weighted by molar-refractivity contribution is 0.0941. The van der Waals surface area contributed by atoms with Crippen LogP contribution in [0.3, 0.4) is 0 Å². The minimum Gasteiger partial charge on any atom is -0.496 e. The molecule has 3 aliphatic carbocycles. The molecule has 3 fully saturated rings. The molecule has 0 amide bonds. The monoisotopic (exact) mass is 368 g/mol. The normalized spacial score (nSPS) is 38.1. The van der Waals surface area contributed by atoms with Gasteiger partial charge in [-0.1, -0.05) is 0 Å². The third-order valence-electron chi connectivity index (χ3n) is 5.47. The van der Waals surface area contributed by atoms with Gasteiger partial charge in [-0.2, -0.15) is 0 Å². The van der Waals surface area contributed by atoms with E-state index in [1.165, 1.54) is 19.3 Å². The second kappa shape index (κ2) is 4.21. The molecule has 4 unspecified atom stereocenters. The number of hydrogen-bond donors (Lipinski definition) is 0. The summed E-state index contributed by atoms with van der Waals surface area (Å²) in [7, 11) is 1.65. The number of benzene rings is 1. The number of rotatable bonds is 3. The highest BCUT2D eigenvalue weighted by molar-refractivity contribution is 14.1. The van der Waals surface area contributed by atoms with E-state index in [0.29, 0.717) is 23.5 Å². The Balaban J connectivity index is 1.64. The van der Waals surface area contributed by atoms with E-state index in [1.807, 2.05) is 18.2 Å². The second-order valence-electron chi connectivity index (χ2n) is 6.22. The topological polar surface area (TPSA) is 26.3 Å². The lowest BCUT2D eigenvalue weighted by Crippen LogP contribution is -2.11. The zero-order valence-electron chi connectivity index (χ0n) is 10.9. The predicted octanol–water partition coefficient (Wildman–Crippen LogP) is 3.77. The Kier molecular flexibility index (Phi) is 2.70. The molecule has 0 spiro atoms. The summed E-state index contributed by atoms with van der Waals surface area (Å²) < 4.78 is 6.47. The maximum absolute atomic E-state index is 12.8. The fraction of sp³-hybridized carbons (Fsp3) is 0.562. The summed E-state index contributed by atoms with van der Waals surface area (Å²) in [6.07, 6.45) is 4.11. The maximum Gasteiger partial charge on any atom is 0.170 e. The van der Waals surface area contributed by atoms with Gasteiger partial charge in [0, 0.05) is 9.49 Å². The van der Waals surface area contributed by atoms with Crippen LogP contribution in [0.4, 0.5) is 0 Å². The third kappa shape index (κ3) is 1.70. The first-order valence-electron chi connectivity index (χ1n) is 7.08. The van der Waals surface area contributed by atoms with E-state index in [0.717, 1.165) is 26.7 Å².